The number of nitrogens with two attached hydrogens (primary N) is 1. The van der Waals surface area contributed by atoms with Crippen LogP contribution in [0.3, 0.4) is 0 Å². The molecule has 4 nitrogen and oxygen atoms in total. The Kier molecular flexibility index (Phi) is 4.09. The lowest BCUT2D eigenvalue weighted by molar-refractivity contribution is 0.285. The van der Waals surface area contributed by atoms with E-state index in [0.717, 1.165) is 22.6 Å². The lowest BCUT2D eigenvalue weighted by atomic mass is 10.1. The summed E-state index contributed by atoms with van der Waals surface area (Å²) in [6.07, 6.45) is 0. The predicted octanol–water partition coefficient (Wildman–Crippen LogP) is 3.66. The summed E-state index contributed by atoms with van der Waals surface area (Å²) in [5.41, 5.74) is 9.18. The van der Waals surface area contributed by atoms with Crippen molar-refractivity contribution in [3.8, 4) is 5.75 Å². The number of imidazole rings is 1. The molecule has 4 heteroatoms. The van der Waals surface area contributed by atoms with Crippen LogP contribution >= 0.6 is 0 Å². The first-order valence-electron chi connectivity index (χ1n) is 7.85. The fraction of sp³-hybridized carbons (Fsp3) is 0.316. The van der Waals surface area contributed by atoms with E-state index in [4.69, 9.17) is 15.5 Å². The summed E-state index contributed by atoms with van der Waals surface area (Å²) in [5, 5.41) is 0. The van der Waals surface area contributed by atoms with Crippen LogP contribution in [0.25, 0.3) is 11.0 Å². The highest BCUT2D eigenvalue weighted by Crippen LogP contribution is 2.20. The van der Waals surface area contributed by atoms with E-state index in [9.17, 15) is 0 Å². The Morgan fingerprint density at radius 2 is 1.78 bits per heavy atom. The molecular weight excluding hydrogens is 286 g/mol. The largest absolute Gasteiger partial charge is 0.486 e. The monoisotopic (exact) mass is 309 g/mol. The van der Waals surface area contributed by atoms with Gasteiger partial charge in [-0.15, -0.1) is 0 Å². The lowest BCUT2D eigenvalue weighted by Gasteiger charge is -2.21. The van der Waals surface area contributed by atoms with Gasteiger partial charge in [0, 0.05) is 12.1 Å². The van der Waals surface area contributed by atoms with Crippen LogP contribution in [-0.2, 0) is 13.2 Å². The molecule has 0 saturated carbocycles. The van der Waals surface area contributed by atoms with Crippen LogP contribution in [-0.4, -0.2) is 15.1 Å². The lowest BCUT2D eigenvalue weighted by Crippen LogP contribution is -2.37. The van der Waals surface area contributed by atoms with Crippen LogP contribution in [0.1, 0.15) is 25.2 Å². The number of fused-ring (bicyclic) bond motifs is 1. The number of aromatic nitrogens is 2. The fourth-order valence-electron chi connectivity index (χ4n) is 2.60. The van der Waals surface area contributed by atoms with Gasteiger partial charge in [0.25, 0.3) is 0 Å². The van der Waals surface area contributed by atoms with Crippen LogP contribution in [0, 0.1) is 6.92 Å². The fourth-order valence-corrected chi connectivity index (χ4v) is 2.60. The number of rotatable bonds is 5. The van der Waals surface area contributed by atoms with Crippen LogP contribution in [0.2, 0.25) is 0 Å². The Hall–Kier alpha value is -2.33. The second-order valence-corrected chi connectivity index (χ2v) is 6.69. The van der Waals surface area contributed by atoms with Crippen LogP contribution in [0.5, 0.6) is 5.75 Å². The predicted molar refractivity (Wildman–Crippen MR) is 93.5 cm³/mol. The van der Waals surface area contributed by atoms with Gasteiger partial charge in [-0.3, -0.25) is 0 Å². The molecule has 2 N–H and O–H groups in total. The van der Waals surface area contributed by atoms with Gasteiger partial charge in [0.05, 0.1) is 11.0 Å². The molecule has 0 fully saturated rings. The molecule has 3 rings (SSSR count). The summed E-state index contributed by atoms with van der Waals surface area (Å²) >= 11 is 0. The second-order valence-electron chi connectivity index (χ2n) is 6.69. The van der Waals surface area contributed by atoms with E-state index >= 15 is 0 Å². The third kappa shape index (κ3) is 3.71. The van der Waals surface area contributed by atoms with E-state index in [1.165, 1.54) is 5.56 Å². The third-order valence-corrected chi connectivity index (χ3v) is 3.69. The van der Waals surface area contributed by atoms with Crippen molar-refractivity contribution in [3.05, 3.63) is 59.9 Å². The van der Waals surface area contributed by atoms with Gasteiger partial charge in [0.1, 0.15) is 18.2 Å². The number of para-hydroxylation sites is 2. The highest BCUT2D eigenvalue weighted by molar-refractivity contribution is 5.75. The number of ether oxygens (including phenoxy) is 1. The zero-order chi connectivity index (χ0) is 16.4. The maximum absolute atomic E-state index is 6.22. The minimum Gasteiger partial charge on any atom is -0.486 e. The first-order chi connectivity index (χ1) is 10.9. The molecule has 0 aliphatic carbocycles. The first kappa shape index (κ1) is 15.6. The van der Waals surface area contributed by atoms with E-state index in [2.05, 4.69) is 17.6 Å². The normalized spacial score (nSPS) is 11.8. The Bertz CT molecular complexity index is 798. The molecule has 1 heterocycles. The molecule has 0 saturated heterocycles. The molecule has 120 valence electrons. The van der Waals surface area contributed by atoms with Crippen LogP contribution < -0.4 is 10.5 Å². The highest BCUT2D eigenvalue weighted by Gasteiger charge is 2.18. The highest BCUT2D eigenvalue weighted by atomic mass is 16.5. The van der Waals surface area contributed by atoms with E-state index in [1.807, 2.05) is 56.3 Å². The summed E-state index contributed by atoms with van der Waals surface area (Å²) in [4.78, 5) is 4.71. The second kappa shape index (κ2) is 6.05. The van der Waals surface area contributed by atoms with Crippen LogP contribution in [0.15, 0.2) is 48.5 Å². The van der Waals surface area contributed by atoms with Crippen LogP contribution in [0.4, 0.5) is 0 Å². The Balaban J connectivity index is 1.89. The van der Waals surface area contributed by atoms with Crippen molar-refractivity contribution in [2.75, 3.05) is 0 Å². The zero-order valence-corrected chi connectivity index (χ0v) is 13.9. The number of hydrogen-bond donors (Lipinski definition) is 1. The molecular formula is C19H23N3O. The summed E-state index contributed by atoms with van der Waals surface area (Å²) < 4.78 is 8.06. The van der Waals surface area contributed by atoms with Gasteiger partial charge in [0.2, 0.25) is 0 Å². The number of aryl methyl sites for hydroxylation is 1. The Morgan fingerprint density at radius 3 is 2.48 bits per heavy atom. The van der Waals surface area contributed by atoms with Crippen molar-refractivity contribution in [2.45, 2.75) is 39.5 Å². The molecule has 1 aromatic heterocycles. The molecule has 0 spiro atoms. The van der Waals surface area contributed by atoms with Crippen molar-refractivity contribution in [1.29, 1.82) is 0 Å². The summed E-state index contributed by atoms with van der Waals surface area (Å²) in [6, 6.07) is 16.2. The minimum atomic E-state index is -0.317. The molecule has 23 heavy (non-hydrogen) atoms. The van der Waals surface area contributed by atoms with Gasteiger partial charge in [-0.05, 0) is 45.0 Å². The summed E-state index contributed by atoms with van der Waals surface area (Å²) in [5.74, 6) is 1.74. The molecule has 0 bridgehead atoms. The molecule has 0 unspecified atom stereocenters. The molecule has 0 atom stereocenters. The van der Waals surface area contributed by atoms with Gasteiger partial charge in [-0.1, -0.05) is 29.8 Å². The topological polar surface area (TPSA) is 53.1 Å². The van der Waals surface area contributed by atoms with E-state index < -0.39 is 0 Å². The van der Waals surface area contributed by atoms with Crippen molar-refractivity contribution in [3.63, 3.8) is 0 Å². The molecule has 0 amide bonds. The van der Waals surface area contributed by atoms with Gasteiger partial charge >= 0.3 is 0 Å². The maximum Gasteiger partial charge on any atom is 0.148 e. The first-order valence-corrected chi connectivity index (χ1v) is 7.85. The Morgan fingerprint density at radius 1 is 1.09 bits per heavy atom. The average molecular weight is 309 g/mol. The zero-order valence-electron chi connectivity index (χ0n) is 13.9. The standard InChI is InChI=1S/C19H23N3O/c1-14-8-10-15(11-9-14)23-12-18-21-16-6-4-5-7-17(16)22(18)13-19(2,3)20/h4-11H,12-13,20H2,1-3H3. The summed E-state index contributed by atoms with van der Waals surface area (Å²) in [6.45, 7) is 7.22. The maximum atomic E-state index is 6.22. The quantitative estimate of drug-likeness (QED) is 0.782. The Labute approximate surface area is 136 Å². The average Bonchev–Trinajstić information content (AvgIpc) is 2.83. The van der Waals surface area contributed by atoms with Crippen molar-refractivity contribution in [1.82, 2.24) is 9.55 Å². The van der Waals surface area contributed by atoms with Gasteiger partial charge < -0.3 is 15.0 Å². The van der Waals surface area contributed by atoms with Gasteiger partial charge in [-0.25, -0.2) is 4.98 Å². The minimum absolute atomic E-state index is 0.317. The van der Waals surface area contributed by atoms with Gasteiger partial charge in [0.15, 0.2) is 0 Å². The number of benzene rings is 2. The third-order valence-electron chi connectivity index (χ3n) is 3.69. The molecule has 0 radical (unpaired) electrons. The molecule has 3 aromatic rings. The summed E-state index contributed by atoms with van der Waals surface area (Å²) in [7, 11) is 0. The van der Waals surface area contributed by atoms with Crippen molar-refractivity contribution in [2.24, 2.45) is 5.73 Å². The number of hydrogen-bond acceptors (Lipinski definition) is 3. The van der Waals surface area contributed by atoms with E-state index in [0.29, 0.717) is 13.2 Å². The van der Waals surface area contributed by atoms with E-state index in [-0.39, 0.29) is 5.54 Å². The smallest absolute Gasteiger partial charge is 0.148 e. The molecule has 2 aromatic carbocycles. The van der Waals surface area contributed by atoms with E-state index in [1.54, 1.807) is 0 Å². The van der Waals surface area contributed by atoms with Gasteiger partial charge in [-0.2, -0.15) is 0 Å². The molecule has 0 aliphatic rings. The SMILES string of the molecule is Cc1ccc(OCc2nc3ccccc3n2CC(C)(C)N)cc1. The van der Waals surface area contributed by atoms with Crippen molar-refractivity contribution < 1.29 is 4.74 Å². The van der Waals surface area contributed by atoms with Crippen molar-refractivity contribution >= 4 is 11.0 Å². The molecule has 0 aliphatic heterocycles. The number of nitrogens with zero attached hydrogens (tertiary/aromatic N) is 2.